The number of thioether (sulfide) groups is 2. The molecule has 0 spiro atoms. The molecule has 2 heterocycles. The molecule has 0 bridgehead atoms. The molecule has 0 aliphatic heterocycles. The second-order valence-electron chi connectivity index (χ2n) is 3.79. The lowest BCUT2D eigenvalue weighted by Crippen LogP contribution is -2.25. The van der Waals surface area contributed by atoms with Gasteiger partial charge < -0.3 is 5.73 Å². The Morgan fingerprint density at radius 3 is 2.58 bits per heavy atom. The fourth-order valence-electron chi connectivity index (χ4n) is 1.49. The summed E-state index contributed by atoms with van der Waals surface area (Å²) in [5.41, 5.74) is 6.24. The predicted octanol–water partition coefficient (Wildman–Crippen LogP) is 4.55. The summed E-state index contributed by atoms with van der Waals surface area (Å²) >= 11 is 12.5. The Labute approximate surface area is 134 Å². The minimum atomic E-state index is 0.0846. The number of aromatic nitrogens is 2. The molecule has 2 aromatic rings. The van der Waals surface area contributed by atoms with E-state index in [4.69, 9.17) is 17.3 Å². The highest BCUT2D eigenvalue weighted by Gasteiger charge is 2.23. The fourth-order valence-corrected chi connectivity index (χ4v) is 5.67. The summed E-state index contributed by atoms with van der Waals surface area (Å²) in [5, 5.41) is 8.51. The van der Waals surface area contributed by atoms with Crippen LogP contribution in [0.15, 0.2) is 20.8 Å². The van der Waals surface area contributed by atoms with Crippen molar-refractivity contribution in [3.8, 4) is 0 Å². The zero-order valence-electron chi connectivity index (χ0n) is 10.5. The second kappa shape index (κ2) is 7.28. The quantitative estimate of drug-likeness (QED) is 0.774. The zero-order chi connectivity index (χ0) is 13.8. The average molecular weight is 352 g/mol. The molecule has 2 atom stereocenters. The van der Waals surface area contributed by atoms with Gasteiger partial charge in [-0.15, -0.1) is 21.5 Å². The molecule has 0 amide bonds. The van der Waals surface area contributed by atoms with E-state index < -0.39 is 0 Å². The number of hydrogen-bond acceptors (Lipinski definition) is 7. The standard InChI is InChI=1S/C11H14ClN3S4/c1-3-6(13)9(7-4-5-8(12)17-7)18-11-15-14-10(16-2)19-11/h4-6,9H,3,13H2,1-2H3. The van der Waals surface area contributed by atoms with Gasteiger partial charge in [-0.2, -0.15) is 0 Å². The minimum absolute atomic E-state index is 0.0846. The third-order valence-electron chi connectivity index (χ3n) is 2.53. The molecule has 2 unspecified atom stereocenters. The Morgan fingerprint density at radius 2 is 2.05 bits per heavy atom. The van der Waals surface area contributed by atoms with E-state index in [1.807, 2.05) is 12.3 Å². The molecule has 0 aliphatic rings. The van der Waals surface area contributed by atoms with Gasteiger partial charge in [-0.3, -0.25) is 0 Å². The van der Waals surface area contributed by atoms with Crippen LogP contribution in [-0.4, -0.2) is 22.5 Å². The predicted molar refractivity (Wildman–Crippen MR) is 87.9 cm³/mol. The molecule has 0 radical (unpaired) electrons. The average Bonchev–Trinajstić information content (AvgIpc) is 3.03. The summed E-state index contributed by atoms with van der Waals surface area (Å²) in [6.45, 7) is 2.10. The normalized spacial score (nSPS) is 14.5. The molecule has 8 heteroatoms. The number of halogens is 1. The van der Waals surface area contributed by atoms with Crippen molar-refractivity contribution in [2.24, 2.45) is 5.73 Å². The van der Waals surface area contributed by atoms with Gasteiger partial charge in [0.2, 0.25) is 0 Å². The van der Waals surface area contributed by atoms with Crippen LogP contribution >= 0.6 is 57.8 Å². The first-order chi connectivity index (χ1) is 9.13. The topological polar surface area (TPSA) is 51.8 Å². The maximum absolute atomic E-state index is 6.24. The Kier molecular flexibility index (Phi) is 5.98. The van der Waals surface area contributed by atoms with E-state index in [9.17, 15) is 0 Å². The largest absolute Gasteiger partial charge is 0.326 e. The van der Waals surface area contributed by atoms with Crippen molar-refractivity contribution in [3.63, 3.8) is 0 Å². The van der Waals surface area contributed by atoms with Gasteiger partial charge in [-0.25, -0.2) is 0 Å². The summed E-state index contributed by atoms with van der Waals surface area (Å²) in [7, 11) is 0. The van der Waals surface area contributed by atoms with Gasteiger partial charge in [0.1, 0.15) is 0 Å². The molecular formula is C11H14ClN3S4. The van der Waals surface area contributed by atoms with Crippen molar-refractivity contribution >= 4 is 57.8 Å². The van der Waals surface area contributed by atoms with E-state index in [0.717, 1.165) is 19.4 Å². The molecule has 19 heavy (non-hydrogen) atoms. The molecule has 0 saturated heterocycles. The first-order valence-electron chi connectivity index (χ1n) is 5.69. The van der Waals surface area contributed by atoms with Crippen LogP contribution < -0.4 is 5.73 Å². The van der Waals surface area contributed by atoms with Crippen molar-refractivity contribution in [1.82, 2.24) is 10.2 Å². The van der Waals surface area contributed by atoms with Gasteiger partial charge in [0.15, 0.2) is 8.68 Å². The third-order valence-corrected chi connectivity index (χ3v) is 7.36. The number of rotatable bonds is 6. The smallest absolute Gasteiger partial charge is 0.175 e. The molecule has 0 aliphatic carbocycles. The molecule has 2 N–H and O–H groups in total. The Balaban J connectivity index is 2.18. The van der Waals surface area contributed by atoms with Crippen molar-refractivity contribution in [1.29, 1.82) is 0 Å². The van der Waals surface area contributed by atoms with Crippen LogP contribution in [0.3, 0.4) is 0 Å². The van der Waals surface area contributed by atoms with Crippen LogP contribution in [0, 0.1) is 0 Å². The lowest BCUT2D eigenvalue weighted by atomic mass is 10.1. The molecule has 3 nitrogen and oxygen atoms in total. The molecule has 104 valence electrons. The van der Waals surface area contributed by atoms with Gasteiger partial charge in [0.25, 0.3) is 0 Å². The molecule has 0 fully saturated rings. The highest BCUT2D eigenvalue weighted by molar-refractivity contribution is 8.03. The van der Waals surface area contributed by atoms with Crippen molar-refractivity contribution in [2.75, 3.05) is 6.26 Å². The number of thiophene rings is 1. The summed E-state index contributed by atoms with van der Waals surface area (Å²) < 4.78 is 2.74. The van der Waals surface area contributed by atoms with E-state index in [1.54, 1.807) is 46.2 Å². The lowest BCUT2D eigenvalue weighted by molar-refractivity contribution is 0.639. The van der Waals surface area contributed by atoms with Crippen LogP contribution in [0.25, 0.3) is 0 Å². The highest BCUT2D eigenvalue weighted by Crippen LogP contribution is 2.43. The number of nitrogens with two attached hydrogens (primary N) is 1. The first kappa shape index (κ1) is 15.6. The monoisotopic (exact) mass is 351 g/mol. The maximum atomic E-state index is 6.24. The first-order valence-corrected chi connectivity index (χ1v) is 9.80. The van der Waals surface area contributed by atoms with Gasteiger partial charge in [-0.05, 0) is 24.8 Å². The van der Waals surface area contributed by atoms with Crippen LogP contribution in [0.4, 0.5) is 0 Å². The van der Waals surface area contributed by atoms with Gasteiger partial charge in [-0.1, -0.05) is 53.4 Å². The minimum Gasteiger partial charge on any atom is -0.326 e. The summed E-state index contributed by atoms with van der Waals surface area (Å²) in [6, 6.07) is 4.06. The van der Waals surface area contributed by atoms with Gasteiger partial charge in [0, 0.05) is 10.9 Å². The molecule has 2 aromatic heterocycles. The van der Waals surface area contributed by atoms with E-state index in [0.29, 0.717) is 0 Å². The zero-order valence-corrected chi connectivity index (χ0v) is 14.5. The van der Waals surface area contributed by atoms with Gasteiger partial charge >= 0.3 is 0 Å². The molecule has 0 saturated carbocycles. The van der Waals surface area contributed by atoms with Crippen molar-refractivity contribution in [3.05, 3.63) is 21.3 Å². The number of nitrogens with zero attached hydrogens (tertiary/aromatic N) is 2. The molecular weight excluding hydrogens is 338 g/mol. The van der Waals surface area contributed by atoms with E-state index >= 15 is 0 Å². The maximum Gasteiger partial charge on any atom is 0.175 e. The van der Waals surface area contributed by atoms with Crippen LogP contribution in [0.1, 0.15) is 23.5 Å². The third kappa shape index (κ3) is 4.09. The second-order valence-corrected chi connectivity index (χ2v) is 8.96. The summed E-state index contributed by atoms with van der Waals surface area (Å²) in [5.74, 6) is 0. The number of hydrogen-bond donors (Lipinski definition) is 1. The van der Waals surface area contributed by atoms with Crippen LogP contribution in [0.5, 0.6) is 0 Å². The summed E-state index contributed by atoms with van der Waals surface area (Å²) in [4.78, 5) is 1.20. The summed E-state index contributed by atoms with van der Waals surface area (Å²) in [6.07, 6.45) is 2.92. The molecule has 0 aromatic carbocycles. The Morgan fingerprint density at radius 1 is 1.32 bits per heavy atom. The van der Waals surface area contributed by atoms with Crippen molar-refractivity contribution in [2.45, 2.75) is 33.3 Å². The molecule has 2 rings (SSSR count). The Hall–Kier alpha value is 0.210. The van der Waals surface area contributed by atoms with Crippen LogP contribution in [0.2, 0.25) is 4.34 Å². The van der Waals surface area contributed by atoms with E-state index in [2.05, 4.69) is 23.2 Å². The highest BCUT2D eigenvalue weighted by atomic mass is 35.5. The fraction of sp³-hybridized carbons (Fsp3) is 0.455. The Bertz CT molecular complexity index is 527. The lowest BCUT2D eigenvalue weighted by Gasteiger charge is -2.19. The van der Waals surface area contributed by atoms with Crippen LogP contribution in [-0.2, 0) is 0 Å². The van der Waals surface area contributed by atoms with Gasteiger partial charge in [0.05, 0.1) is 9.59 Å². The van der Waals surface area contributed by atoms with E-state index in [1.165, 1.54) is 4.88 Å². The SMILES string of the molecule is CCC(N)C(Sc1nnc(SC)s1)c1ccc(Cl)s1. The van der Waals surface area contributed by atoms with Crippen molar-refractivity contribution < 1.29 is 0 Å². The van der Waals surface area contributed by atoms with E-state index in [-0.39, 0.29) is 11.3 Å².